The minimum absolute atomic E-state index is 0.0964. The Bertz CT molecular complexity index is 975. The Morgan fingerprint density at radius 3 is 2.88 bits per heavy atom. The minimum atomic E-state index is -0.205. The molecular formula is C20H18ClIN2O2. The molecule has 0 aliphatic heterocycles. The summed E-state index contributed by atoms with van der Waals surface area (Å²) in [6.45, 7) is 3.95. The zero-order valence-corrected chi connectivity index (χ0v) is 17.4. The summed E-state index contributed by atoms with van der Waals surface area (Å²) in [5.41, 5.74) is 3.65. The number of halogens is 2. The molecule has 0 saturated heterocycles. The highest BCUT2D eigenvalue weighted by atomic mass is 127. The average Bonchev–Trinajstić information content (AvgIpc) is 2.63. The molecule has 0 unspecified atom stereocenters. The van der Waals surface area contributed by atoms with E-state index in [1.165, 1.54) is 0 Å². The molecule has 2 aromatic carbocycles. The number of hydrogen-bond acceptors (Lipinski definition) is 3. The van der Waals surface area contributed by atoms with E-state index in [2.05, 4.69) is 39.8 Å². The summed E-state index contributed by atoms with van der Waals surface area (Å²) < 4.78 is 6.63. The summed E-state index contributed by atoms with van der Waals surface area (Å²) in [4.78, 5) is 16.8. The molecular weight excluding hydrogens is 463 g/mol. The molecule has 0 aliphatic rings. The van der Waals surface area contributed by atoms with Gasteiger partial charge in [0.05, 0.1) is 8.59 Å². The second-order valence-corrected chi connectivity index (χ2v) is 7.44. The van der Waals surface area contributed by atoms with Crippen LogP contribution in [0.3, 0.4) is 0 Å². The van der Waals surface area contributed by atoms with Crippen molar-refractivity contribution in [3.63, 3.8) is 0 Å². The van der Waals surface area contributed by atoms with Crippen LogP contribution in [0.1, 0.15) is 18.1 Å². The zero-order chi connectivity index (χ0) is 18.7. The number of anilines is 1. The van der Waals surface area contributed by atoms with E-state index in [0.29, 0.717) is 16.3 Å². The van der Waals surface area contributed by atoms with Crippen molar-refractivity contribution in [2.24, 2.45) is 0 Å². The van der Waals surface area contributed by atoms with Crippen LogP contribution in [-0.4, -0.2) is 17.5 Å². The van der Waals surface area contributed by atoms with Gasteiger partial charge >= 0.3 is 0 Å². The van der Waals surface area contributed by atoms with Crippen LogP contribution in [0.15, 0.2) is 42.6 Å². The number of carbonyl (C=O) groups is 1. The summed E-state index contributed by atoms with van der Waals surface area (Å²) in [5.74, 6) is 0.366. The van der Waals surface area contributed by atoms with Crippen molar-refractivity contribution >= 4 is 56.7 Å². The molecule has 134 valence electrons. The van der Waals surface area contributed by atoms with E-state index in [-0.39, 0.29) is 12.5 Å². The van der Waals surface area contributed by atoms with Crippen molar-refractivity contribution in [2.75, 3.05) is 11.9 Å². The SMILES string of the molecule is CCc1cccc(C)c1NC(=O)COc1c(I)cc(Cl)c2cccnc12. The Kier molecular flexibility index (Phi) is 5.98. The summed E-state index contributed by atoms with van der Waals surface area (Å²) in [7, 11) is 0. The number of fused-ring (bicyclic) bond motifs is 1. The van der Waals surface area contributed by atoms with Crippen LogP contribution in [0.5, 0.6) is 5.75 Å². The third-order valence-electron chi connectivity index (χ3n) is 4.10. The highest BCUT2D eigenvalue weighted by Gasteiger charge is 2.15. The van der Waals surface area contributed by atoms with Crippen molar-refractivity contribution in [3.8, 4) is 5.75 Å². The van der Waals surface area contributed by atoms with Crippen molar-refractivity contribution in [1.82, 2.24) is 4.98 Å². The second-order valence-electron chi connectivity index (χ2n) is 5.87. The second kappa shape index (κ2) is 8.22. The van der Waals surface area contributed by atoms with Crippen LogP contribution in [0.25, 0.3) is 10.9 Å². The number of benzene rings is 2. The predicted molar refractivity (Wildman–Crippen MR) is 114 cm³/mol. The predicted octanol–water partition coefficient (Wildman–Crippen LogP) is 5.38. The first-order valence-corrected chi connectivity index (χ1v) is 9.70. The van der Waals surface area contributed by atoms with Crippen LogP contribution in [0.2, 0.25) is 5.02 Å². The molecule has 1 N–H and O–H groups in total. The minimum Gasteiger partial charge on any atom is -0.480 e. The monoisotopic (exact) mass is 480 g/mol. The van der Waals surface area contributed by atoms with Gasteiger partial charge in [0.25, 0.3) is 5.91 Å². The summed E-state index contributed by atoms with van der Waals surface area (Å²) in [5, 5.41) is 4.38. The fourth-order valence-corrected chi connectivity index (χ4v) is 3.97. The van der Waals surface area contributed by atoms with Gasteiger partial charge in [0.2, 0.25) is 0 Å². The van der Waals surface area contributed by atoms with Gasteiger partial charge in [-0.25, -0.2) is 0 Å². The lowest BCUT2D eigenvalue weighted by molar-refractivity contribution is -0.118. The molecule has 1 heterocycles. The standard InChI is InChI=1S/C20H18ClIN2O2/c1-3-13-7-4-6-12(2)18(13)24-17(25)11-26-20-16(22)10-15(21)14-8-5-9-23-19(14)20/h4-10H,3,11H2,1-2H3,(H,24,25). The zero-order valence-electron chi connectivity index (χ0n) is 14.5. The molecule has 6 heteroatoms. The maximum Gasteiger partial charge on any atom is 0.262 e. The number of hydrogen-bond donors (Lipinski definition) is 1. The fourth-order valence-electron chi connectivity index (χ4n) is 2.80. The molecule has 1 amide bonds. The number of aryl methyl sites for hydroxylation is 2. The molecule has 26 heavy (non-hydrogen) atoms. The normalized spacial score (nSPS) is 10.8. The Balaban J connectivity index is 1.80. The lowest BCUT2D eigenvalue weighted by Gasteiger charge is -2.15. The van der Waals surface area contributed by atoms with Gasteiger partial charge in [0.15, 0.2) is 12.4 Å². The molecule has 0 aliphatic carbocycles. The van der Waals surface area contributed by atoms with Crippen LogP contribution in [0.4, 0.5) is 5.69 Å². The van der Waals surface area contributed by atoms with E-state index in [1.807, 2.05) is 43.3 Å². The topological polar surface area (TPSA) is 51.2 Å². The van der Waals surface area contributed by atoms with Crippen LogP contribution in [0, 0.1) is 10.5 Å². The number of nitrogens with one attached hydrogen (secondary N) is 1. The molecule has 4 nitrogen and oxygen atoms in total. The Morgan fingerprint density at radius 1 is 1.31 bits per heavy atom. The maximum atomic E-state index is 12.4. The molecule has 0 fully saturated rings. The number of carbonyl (C=O) groups excluding carboxylic acids is 1. The average molecular weight is 481 g/mol. The van der Waals surface area contributed by atoms with E-state index >= 15 is 0 Å². The molecule has 1 aromatic heterocycles. The van der Waals surface area contributed by atoms with Gasteiger partial charge in [-0.1, -0.05) is 36.7 Å². The van der Waals surface area contributed by atoms with Gasteiger partial charge in [-0.15, -0.1) is 0 Å². The first-order valence-electron chi connectivity index (χ1n) is 8.25. The number of ether oxygens (including phenoxy) is 1. The van der Waals surface area contributed by atoms with Crippen molar-refractivity contribution < 1.29 is 9.53 Å². The van der Waals surface area contributed by atoms with E-state index < -0.39 is 0 Å². The molecule has 0 spiro atoms. The Hall–Kier alpha value is -1.86. The van der Waals surface area contributed by atoms with Crippen molar-refractivity contribution in [2.45, 2.75) is 20.3 Å². The van der Waals surface area contributed by atoms with Crippen LogP contribution < -0.4 is 10.1 Å². The smallest absolute Gasteiger partial charge is 0.262 e. The lowest BCUT2D eigenvalue weighted by atomic mass is 10.1. The number of para-hydroxylation sites is 1. The largest absolute Gasteiger partial charge is 0.480 e. The Labute approximate surface area is 171 Å². The van der Waals surface area contributed by atoms with Gasteiger partial charge in [0, 0.05) is 17.3 Å². The van der Waals surface area contributed by atoms with E-state index in [9.17, 15) is 4.79 Å². The Morgan fingerprint density at radius 2 is 2.12 bits per heavy atom. The fraction of sp³-hybridized carbons (Fsp3) is 0.200. The summed E-state index contributed by atoms with van der Waals surface area (Å²) in [6, 6.07) is 11.5. The molecule has 3 aromatic rings. The maximum absolute atomic E-state index is 12.4. The van der Waals surface area contributed by atoms with E-state index in [1.54, 1.807) is 6.20 Å². The van der Waals surface area contributed by atoms with Gasteiger partial charge in [-0.05, 0) is 65.3 Å². The van der Waals surface area contributed by atoms with Gasteiger partial charge in [0.1, 0.15) is 5.52 Å². The molecule has 0 bridgehead atoms. The molecule has 0 atom stereocenters. The summed E-state index contributed by atoms with van der Waals surface area (Å²) >= 11 is 8.42. The van der Waals surface area contributed by atoms with Crippen molar-refractivity contribution in [3.05, 3.63) is 62.3 Å². The quantitative estimate of drug-likeness (QED) is 0.499. The number of pyridine rings is 1. The molecule has 3 rings (SSSR count). The highest BCUT2D eigenvalue weighted by molar-refractivity contribution is 14.1. The summed E-state index contributed by atoms with van der Waals surface area (Å²) in [6.07, 6.45) is 2.53. The first-order chi connectivity index (χ1) is 12.5. The first kappa shape index (κ1) is 18.9. The van der Waals surface area contributed by atoms with Crippen LogP contribution in [-0.2, 0) is 11.2 Å². The van der Waals surface area contributed by atoms with Crippen molar-refractivity contribution in [1.29, 1.82) is 0 Å². The van der Waals surface area contributed by atoms with Gasteiger partial charge < -0.3 is 10.1 Å². The lowest BCUT2D eigenvalue weighted by Crippen LogP contribution is -2.22. The molecule has 0 radical (unpaired) electrons. The van der Waals surface area contributed by atoms with E-state index in [4.69, 9.17) is 16.3 Å². The number of nitrogens with zero attached hydrogens (tertiary/aromatic N) is 1. The number of aromatic nitrogens is 1. The number of amides is 1. The van der Waals surface area contributed by atoms with E-state index in [0.717, 1.165) is 32.2 Å². The molecule has 0 saturated carbocycles. The van der Waals surface area contributed by atoms with Gasteiger partial charge in [-0.3, -0.25) is 9.78 Å². The van der Waals surface area contributed by atoms with Crippen LogP contribution >= 0.6 is 34.2 Å². The third kappa shape index (κ3) is 3.94. The third-order valence-corrected chi connectivity index (χ3v) is 5.22. The number of rotatable bonds is 5. The van der Waals surface area contributed by atoms with Gasteiger partial charge in [-0.2, -0.15) is 0 Å². The highest BCUT2D eigenvalue weighted by Crippen LogP contribution is 2.34.